The standard InChI is InChI=1S/C15H25N5O8.C2HF3O2/c1-5(14(26)27)18-13(25)9-3-7(20-15(16)17)10(19-6(2)22)12(28-9)11(24)8(23)4-21;3-2(4,5)1(6)7/h3,5,7-8,10-12,21,23-24H,4H2,1-2H3,(H,18,25)(H,19,22)(H,26,27)(H4,16,17,20);(H,6,7)/t5-,7-,8+,10+,11+,12+;/m0./s1. The fourth-order valence-electron chi connectivity index (χ4n) is 2.47. The zero-order valence-electron chi connectivity index (χ0n) is 18.3. The number of aliphatic hydroxyl groups is 3. The summed E-state index contributed by atoms with van der Waals surface area (Å²) < 4.78 is 37.1. The normalized spacial score (nSPS) is 21.9. The van der Waals surface area contributed by atoms with Gasteiger partial charge in [-0.2, -0.15) is 13.2 Å². The number of carbonyl (C=O) groups is 4. The third-order valence-electron chi connectivity index (χ3n) is 4.08. The molecule has 18 heteroatoms. The van der Waals surface area contributed by atoms with Crippen LogP contribution in [0.1, 0.15) is 13.8 Å². The molecule has 0 saturated heterocycles. The zero-order valence-corrected chi connectivity index (χ0v) is 18.3. The Labute approximate surface area is 195 Å². The molecule has 1 aliphatic heterocycles. The second kappa shape index (κ2) is 13.3. The fraction of sp³-hybridized carbons (Fsp3) is 0.588. The van der Waals surface area contributed by atoms with Gasteiger partial charge in [-0.3, -0.25) is 14.4 Å². The Balaban J connectivity index is 0.00000143. The number of aliphatic carboxylic acids is 2. The second-order valence-electron chi connectivity index (χ2n) is 6.96. The third-order valence-corrected chi connectivity index (χ3v) is 4.08. The lowest BCUT2D eigenvalue weighted by atomic mass is 9.92. The van der Waals surface area contributed by atoms with Gasteiger partial charge < -0.3 is 52.4 Å². The number of hydrogen-bond donors (Lipinski definition) is 9. The Kier molecular flexibility index (Phi) is 11.9. The predicted octanol–water partition coefficient (Wildman–Crippen LogP) is -3.65. The number of carboxylic acids is 2. The monoisotopic (exact) mass is 517 g/mol. The van der Waals surface area contributed by atoms with E-state index in [1.54, 1.807) is 0 Å². The number of rotatable bonds is 8. The Hall–Kier alpha value is -3.64. The summed E-state index contributed by atoms with van der Waals surface area (Å²) >= 11 is 0. The smallest absolute Gasteiger partial charge is 0.480 e. The molecular weight excluding hydrogens is 491 g/mol. The molecule has 1 rings (SSSR count). The molecule has 0 unspecified atom stereocenters. The molecule has 6 atom stereocenters. The second-order valence-corrected chi connectivity index (χ2v) is 6.96. The van der Waals surface area contributed by atoms with Crippen molar-refractivity contribution in [3.63, 3.8) is 0 Å². The highest BCUT2D eigenvalue weighted by Gasteiger charge is 2.44. The topological polar surface area (TPSA) is 267 Å². The van der Waals surface area contributed by atoms with Crippen molar-refractivity contribution >= 4 is 29.7 Å². The van der Waals surface area contributed by atoms with Crippen LogP contribution in [0.2, 0.25) is 0 Å². The number of ether oxygens (including phenoxy) is 1. The van der Waals surface area contributed by atoms with Crippen LogP contribution >= 0.6 is 0 Å². The molecule has 35 heavy (non-hydrogen) atoms. The van der Waals surface area contributed by atoms with Gasteiger partial charge in [0.2, 0.25) is 5.91 Å². The number of carboxylic acid groups (broad SMARTS) is 2. The largest absolute Gasteiger partial charge is 0.490 e. The van der Waals surface area contributed by atoms with Crippen LogP contribution in [-0.4, -0.2) is 104 Å². The third kappa shape index (κ3) is 10.4. The summed E-state index contributed by atoms with van der Waals surface area (Å²) in [5, 5.41) is 49.8. The first-order valence-corrected chi connectivity index (χ1v) is 9.47. The molecule has 0 aliphatic carbocycles. The van der Waals surface area contributed by atoms with E-state index in [-0.39, 0.29) is 0 Å². The number of alkyl halides is 3. The molecule has 0 aromatic rings. The molecule has 0 saturated carbocycles. The fourth-order valence-corrected chi connectivity index (χ4v) is 2.47. The van der Waals surface area contributed by atoms with Crippen molar-refractivity contribution in [2.75, 3.05) is 6.61 Å². The van der Waals surface area contributed by atoms with Crippen LogP contribution in [0.4, 0.5) is 13.2 Å². The van der Waals surface area contributed by atoms with Crippen LogP contribution in [0.15, 0.2) is 16.8 Å². The first-order valence-electron chi connectivity index (χ1n) is 9.47. The van der Waals surface area contributed by atoms with Crippen molar-refractivity contribution in [1.29, 1.82) is 0 Å². The van der Waals surface area contributed by atoms with Gasteiger partial charge in [0.25, 0.3) is 5.91 Å². The molecular formula is C17H26F3N5O10. The number of aliphatic hydroxyl groups excluding tert-OH is 3. The van der Waals surface area contributed by atoms with Gasteiger partial charge in [0, 0.05) is 6.92 Å². The van der Waals surface area contributed by atoms with Crippen LogP contribution in [0.25, 0.3) is 0 Å². The minimum Gasteiger partial charge on any atom is -0.480 e. The lowest BCUT2D eigenvalue weighted by Gasteiger charge is -2.39. The number of halogens is 3. The maximum Gasteiger partial charge on any atom is 0.490 e. The molecule has 2 amide bonds. The van der Waals surface area contributed by atoms with Crippen molar-refractivity contribution in [2.45, 2.75) is 56.5 Å². The number of carbonyl (C=O) groups excluding carboxylic acids is 2. The number of hydrogen-bond acceptors (Lipinski definition) is 9. The highest BCUT2D eigenvalue weighted by atomic mass is 19.4. The lowest BCUT2D eigenvalue weighted by molar-refractivity contribution is -0.192. The molecule has 0 radical (unpaired) electrons. The van der Waals surface area contributed by atoms with Crippen molar-refractivity contribution in [2.24, 2.45) is 16.5 Å². The Bertz CT molecular complexity index is 847. The van der Waals surface area contributed by atoms with Crippen molar-refractivity contribution < 1.29 is 62.6 Å². The van der Waals surface area contributed by atoms with Gasteiger partial charge in [0.1, 0.15) is 24.4 Å². The summed E-state index contributed by atoms with van der Waals surface area (Å²) in [4.78, 5) is 47.6. The van der Waals surface area contributed by atoms with Crippen LogP contribution < -0.4 is 22.1 Å². The zero-order chi connectivity index (χ0) is 27.7. The van der Waals surface area contributed by atoms with E-state index in [0.29, 0.717) is 0 Å². The SMILES string of the molecule is CC(=O)N[C@H]1[C@H]([C@H](O)[C@H](O)CO)OC(C(=O)N[C@@H](C)C(=O)O)=C[C@@H]1N=C(N)N.O=C(O)C(F)(F)F. The van der Waals surface area contributed by atoms with Crippen molar-refractivity contribution in [3.05, 3.63) is 11.8 Å². The van der Waals surface area contributed by atoms with E-state index < -0.39 is 84.7 Å². The number of nitrogens with one attached hydrogen (secondary N) is 2. The van der Waals surface area contributed by atoms with Gasteiger partial charge in [-0.25, -0.2) is 9.79 Å². The predicted molar refractivity (Wildman–Crippen MR) is 108 cm³/mol. The van der Waals surface area contributed by atoms with Gasteiger partial charge in [0.05, 0.1) is 18.7 Å². The van der Waals surface area contributed by atoms with E-state index in [2.05, 4.69) is 15.6 Å². The molecule has 11 N–H and O–H groups in total. The Morgan fingerprint density at radius 2 is 1.71 bits per heavy atom. The number of nitrogens with zero attached hydrogens (tertiary/aromatic N) is 1. The Morgan fingerprint density at radius 3 is 2.09 bits per heavy atom. The van der Waals surface area contributed by atoms with E-state index in [4.69, 9.17) is 36.3 Å². The van der Waals surface area contributed by atoms with Crippen molar-refractivity contribution in [3.8, 4) is 0 Å². The molecule has 0 fully saturated rings. The first-order chi connectivity index (χ1) is 15.9. The first kappa shape index (κ1) is 31.4. The number of nitrogens with two attached hydrogens (primary N) is 2. The van der Waals surface area contributed by atoms with E-state index >= 15 is 0 Å². The minimum absolute atomic E-state index is 0.395. The molecule has 0 aromatic carbocycles. The molecule has 1 heterocycles. The highest BCUT2D eigenvalue weighted by Crippen LogP contribution is 2.25. The van der Waals surface area contributed by atoms with E-state index in [1.807, 2.05) is 0 Å². The summed E-state index contributed by atoms with van der Waals surface area (Å²) in [5.74, 6) is -6.36. The van der Waals surface area contributed by atoms with Gasteiger partial charge in [-0.05, 0) is 13.0 Å². The van der Waals surface area contributed by atoms with Gasteiger partial charge in [0.15, 0.2) is 11.7 Å². The highest BCUT2D eigenvalue weighted by molar-refractivity contribution is 5.94. The van der Waals surface area contributed by atoms with Gasteiger partial charge in [-0.15, -0.1) is 0 Å². The summed E-state index contributed by atoms with van der Waals surface area (Å²) in [6.07, 6.45) is -8.79. The maximum absolute atomic E-state index is 12.3. The van der Waals surface area contributed by atoms with Crippen LogP contribution in [0, 0.1) is 0 Å². The number of guanidine groups is 1. The van der Waals surface area contributed by atoms with Gasteiger partial charge >= 0.3 is 18.1 Å². The average molecular weight is 517 g/mol. The summed E-state index contributed by atoms with van der Waals surface area (Å²) in [6, 6.07) is -3.45. The summed E-state index contributed by atoms with van der Waals surface area (Å²) in [6.45, 7) is 1.57. The Morgan fingerprint density at radius 1 is 1.20 bits per heavy atom. The van der Waals surface area contributed by atoms with Crippen molar-refractivity contribution in [1.82, 2.24) is 10.6 Å². The molecule has 1 aliphatic rings. The van der Waals surface area contributed by atoms with Crippen LogP contribution in [-0.2, 0) is 23.9 Å². The number of amides is 2. The molecule has 0 aromatic heterocycles. The lowest BCUT2D eigenvalue weighted by Crippen LogP contribution is -2.60. The summed E-state index contributed by atoms with van der Waals surface area (Å²) in [5.41, 5.74) is 10.8. The van der Waals surface area contributed by atoms with E-state index in [0.717, 1.165) is 6.08 Å². The van der Waals surface area contributed by atoms with Crippen LogP contribution in [0.5, 0.6) is 0 Å². The maximum atomic E-state index is 12.3. The van der Waals surface area contributed by atoms with Gasteiger partial charge in [-0.1, -0.05) is 0 Å². The quantitative estimate of drug-likeness (QED) is 0.111. The molecule has 0 bridgehead atoms. The number of aliphatic imine (C=N–C) groups is 1. The summed E-state index contributed by atoms with van der Waals surface area (Å²) in [7, 11) is 0. The van der Waals surface area contributed by atoms with E-state index in [1.165, 1.54) is 13.8 Å². The molecule has 15 nitrogen and oxygen atoms in total. The average Bonchev–Trinajstić information content (AvgIpc) is 2.72. The van der Waals surface area contributed by atoms with Crippen LogP contribution in [0.3, 0.4) is 0 Å². The molecule has 0 spiro atoms. The molecule has 200 valence electrons. The minimum atomic E-state index is -5.08. The van der Waals surface area contributed by atoms with E-state index in [9.17, 15) is 37.8 Å².